The van der Waals surface area contributed by atoms with E-state index < -0.39 is 16.1 Å². The SMILES string of the molecule is O=S(=O)(NCCC(O)c1ccsc1)c1cccs1. The molecule has 2 rings (SSSR count). The fourth-order valence-corrected chi connectivity index (χ4v) is 4.24. The van der Waals surface area contributed by atoms with Crippen molar-refractivity contribution >= 4 is 32.7 Å². The summed E-state index contributed by atoms with van der Waals surface area (Å²) in [6.45, 7) is 0.219. The molecule has 7 heteroatoms. The van der Waals surface area contributed by atoms with Gasteiger partial charge < -0.3 is 5.11 Å². The predicted molar refractivity (Wildman–Crippen MR) is 73.4 cm³/mol. The molecule has 0 aliphatic heterocycles. The Morgan fingerprint density at radius 2 is 2.17 bits per heavy atom. The fraction of sp³-hybridized carbons (Fsp3) is 0.273. The van der Waals surface area contributed by atoms with Crippen LogP contribution >= 0.6 is 22.7 Å². The summed E-state index contributed by atoms with van der Waals surface area (Å²) in [5.74, 6) is 0. The van der Waals surface area contributed by atoms with E-state index in [1.54, 1.807) is 17.5 Å². The second kappa shape index (κ2) is 5.94. The summed E-state index contributed by atoms with van der Waals surface area (Å²) >= 11 is 2.68. The van der Waals surface area contributed by atoms with Gasteiger partial charge in [0.1, 0.15) is 4.21 Å². The molecule has 1 atom stereocenters. The van der Waals surface area contributed by atoms with Gasteiger partial charge in [-0.05, 0) is 40.3 Å². The quantitative estimate of drug-likeness (QED) is 0.860. The molecule has 0 saturated carbocycles. The van der Waals surface area contributed by atoms with Crippen molar-refractivity contribution in [1.29, 1.82) is 0 Å². The summed E-state index contributed by atoms with van der Waals surface area (Å²) in [6, 6.07) is 5.09. The number of aliphatic hydroxyl groups excluding tert-OH is 1. The molecule has 2 N–H and O–H groups in total. The zero-order valence-corrected chi connectivity index (χ0v) is 11.9. The number of nitrogens with one attached hydrogen (secondary N) is 1. The van der Waals surface area contributed by atoms with Crippen LogP contribution in [0.4, 0.5) is 0 Å². The molecule has 0 aliphatic carbocycles. The number of sulfonamides is 1. The van der Waals surface area contributed by atoms with Crippen molar-refractivity contribution in [3.8, 4) is 0 Å². The minimum atomic E-state index is -3.42. The van der Waals surface area contributed by atoms with Crippen LogP contribution in [0.1, 0.15) is 18.1 Å². The molecule has 2 heterocycles. The molecule has 2 aromatic heterocycles. The van der Waals surface area contributed by atoms with Gasteiger partial charge in [-0.2, -0.15) is 11.3 Å². The van der Waals surface area contributed by atoms with Gasteiger partial charge in [-0.3, -0.25) is 0 Å². The summed E-state index contributed by atoms with van der Waals surface area (Å²) in [7, 11) is -3.42. The van der Waals surface area contributed by atoms with Gasteiger partial charge >= 0.3 is 0 Å². The van der Waals surface area contributed by atoms with E-state index in [1.165, 1.54) is 22.7 Å². The topological polar surface area (TPSA) is 66.4 Å². The number of hydrogen-bond acceptors (Lipinski definition) is 5. The van der Waals surface area contributed by atoms with Gasteiger partial charge in [0.15, 0.2) is 0 Å². The Bertz CT molecular complexity index is 561. The summed E-state index contributed by atoms with van der Waals surface area (Å²) in [6.07, 6.45) is -0.260. The monoisotopic (exact) mass is 303 g/mol. The summed E-state index contributed by atoms with van der Waals surface area (Å²) in [5.41, 5.74) is 0.829. The minimum Gasteiger partial charge on any atom is -0.388 e. The Morgan fingerprint density at radius 3 is 2.78 bits per heavy atom. The third-order valence-electron chi connectivity index (χ3n) is 2.40. The number of thiophene rings is 2. The van der Waals surface area contributed by atoms with E-state index in [1.807, 2.05) is 16.8 Å². The molecule has 0 radical (unpaired) electrons. The Balaban J connectivity index is 1.86. The normalized spacial score (nSPS) is 13.6. The highest BCUT2D eigenvalue weighted by Crippen LogP contribution is 2.19. The lowest BCUT2D eigenvalue weighted by Crippen LogP contribution is -2.25. The molecule has 0 aromatic carbocycles. The van der Waals surface area contributed by atoms with Crippen molar-refractivity contribution in [2.75, 3.05) is 6.54 Å². The van der Waals surface area contributed by atoms with Crippen molar-refractivity contribution in [2.45, 2.75) is 16.7 Å². The molecule has 4 nitrogen and oxygen atoms in total. The maximum atomic E-state index is 11.8. The smallest absolute Gasteiger partial charge is 0.250 e. The van der Waals surface area contributed by atoms with Crippen molar-refractivity contribution in [2.24, 2.45) is 0 Å². The Morgan fingerprint density at radius 1 is 1.33 bits per heavy atom. The molecule has 2 aromatic rings. The third kappa shape index (κ3) is 3.39. The molecule has 0 bridgehead atoms. The molecule has 0 saturated heterocycles. The van der Waals surface area contributed by atoms with Crippen molar-refractivity contribution < 1.29 is 13.5 Å². The largest absolute Gasteiger partial charge is 0.388 e. The lowest BCUT2D eigenvalue weighted by Gasteiger charge is -2.09. The zero-order chi connectivity index (χ0) is 13.0. The highest BCUT2D eigenvalue weighted by atomic mass is 32.2. The van der Waals surface area contributed by atoms with Crippen LogP contribution in [0.3, 0.4) is 0 Å². The molecule has 0 aliphatic rings. The lowest BCUT2D eigenvalue weighted by atomic mass is 10.1. The van der Waals surface area contributed by atoms with Gasteiger partial charge in [-0.15, -0.1) is 11.3 Å². The molecule has 0 spiro atoms. The first-order valence-electron chi connectivity index (χ1n) is 5.33. The van der Waals surface area contributed by atoms with Crippen molar-refractivity contribution in [1.82, 2.24) is 4.72 Å². The Kier molecular flexibility index (Phi) is 4.52. The fourth-order valence-electron chi connectivity index (χ4n) is 1.45. The molecule has 18 heavy (non-hydrogen) atoms. The lowest BCUT2D eigenvalue weighted by molar-refractivity contribution is 0.169. The van der Waals surface area contributed by atoms with E-state index in [0.717, 1.165) is 5.56 Å². The highest BCUT2D eigenvalue weighted by Gasteiger charge is 2.15. The van der Waals surface area contributed by atoms with Crippen LogP contribution in [0, 0.1) is 0 Å². The van der Waals surface area contributed by atoms with E-state index >= 15 is 0 Å². The molecule has 1 unspecified atom stereocenters. The van der Waals surface area contributed by atoms with E-state index in [-0.39, 0.29) is 6.54 Å². The Hall–Kier alpha value is -0.730. The summed E-state index contributed by atoms with van der Waals surface area (Å²) in [4.78, 5) is 0. The van der Waals surface area contributed by atoms with Gasteiger partial charge in [0.05, 0.1) is 6.10 Å². The summed E-state index contributed by atoms with van der Waals surface area (Å²) < 4.78 is 26.3. The highest BCUT2D eigenvalue weighted by molar-refractivity contribution is 7.91. The minimum absolute atomic E-state index is 0.219. The second-order valence-corrected chi connectivity index (χ2v) is 7.41. The molecule has 98 valence electrons. The van der Waals surface area contributed by atoms with E-state index in [0.29, 0.717) is 10.6 Å². The van der Waals surface area contributed by atoms with E-state index in [2.05, 4.69) is 4.72 Å². The van der Waals surface area contributed by atoms with Gasteiger partial charge in [-0.25, -0.2) is 13.1 Å². The maximum absolute atomic E-state index is 11.8. The molecular weight excluding hydrogens is 290 g/mol. The second-order valence-electron chi connectivity index (χ2n) is 3.69. The maximum Gasteiger partial charge on any atom is 0.250 e. The van der Waals surface area contributed by atoms with E-state index in [4.69, 9.17) is 0 Å². The zero-order valence-electron chi connectivity index (χ0n) is 9.44. The number of aliphatic hydroxyl groups is 1. The van der Waals surface area contributed by atoms with Crippen LogP contribution in [0.25, 0.3) is 0 Å². The Labute approximate surface area is 114 Å². The van der Waals surface area contributed by atoms with E-state index in [9.17, 15) is 13.5 Å². The van der Waals surface area contributed by atoms with Crippen molar-refractivity contribution in [3.63, 3.8) is 0 Å². The number of rotatable bonds is 6. The average Bonchev–Trinajstić information content (AvgIpc) is 3.02. The molecule has 0 amide bonds. The standard InChI is InChI=1S/C11H13NO3S3/c13-10(9-4-7-16-8-9)3-5-12-18(14,15)11-2-1-6-17-11/h1-2,4,6-8,10,12-13H,3,5H2. The van der Waals surface area contributed by atoms with Crippen LogP contribution in [0.5, 0.6) is 0 Å². The van der Waals surface area contributed by atoms with Gasteiger partial charge in [0.25, 0.3) is 0 Å². The van der Waals surface area contributed by atoms with Crippen LogP contribution < -0.4 is 4.72 Å². The first-order valence-corrected chi connectivity index (χ1v) is 8.63. The van der Waals surface area contributed by atoms with Gasteiger partial charge in [0, 0.05) is 6.54 Å². The van der Waals surface area contributed by atoms with Crippen LogP contribution in [0.15, 0.2) is 38.5 Å². The summed E-state index contributed by atoms with van der Waals surface area (Å²) in [5, 5.41) is 15.3. The number of hydrogen-bond donors (Lipinski definition) is 2. The molecular formula is C11H13NO3S3. The van der Waals surface area contributed by atoms with Crippen LogP contribution in [0.2, 0.25) is 0 Å². The van der Waals surface area contributed by atoms with Crippen LogP contribution in [-0.4, -0.2) is 20.1 Å². The van der Waals surface area contributed by atoms with Crippen molar-refractivity contribution in [3.05, 3.63) is 39.9 Å². The van der Waals surface area contributed by atoms with Gasteiger partial charge in [0.2, 0.25) is 10.0 Å². The average molecular weight is 303 g/mol. The first kappa shape index (κ1) is 13.7. The first-order chi connectivity index (χ1) is 8.59. The predicted octanol–water partition coefficient (Wildman–Crippen LogP) is 2.21. The van der Waals surface area contributed by atoms with Gasteiger partial charge in [-0.1, -0.05) is 6.07 Å². The van der Waals surface area contributed by atoms with Crippen LogP contribution in [-0.2, 0) is 10.0 Å². The molecule has 0 fully saturated rings. The third-order valence-corrected chi connectivity index (χ3v) is 5.96.